The Kier molecular flexibility index (Phi) is 4.53. The summed E-state index contributed by atoms with van der Waals surface area (Å²) in [7, 11) is 0. The molecule has 1 heterocycles. The number of anilines is 1. The van der Waals surface area contributed by atoms with Gasteiger partial charge in [0.25, 0.3) is 0 Å². The number of halogens is 2. The average Bonchev–Trinajstić information content (AvgIpc) is 2.69. The van der Waals surface area contributed by atoms with E-state index in [1.165, 1.54) is 18.2 Å². The third kappa shape index (κ3) is 3.64. The monoisotopic (exact) mass is 360 g/mol. The Labute approximate surface area is 154 Å². The molecule has 0 unspecified atom stereocenters. The number of fused-ring (bicyclic) bond motifs is 1. The van der Waals surface area contributed by atoms with Crippen molar-refractivity contribution >= 4 is 22.9 Å². The quantitative estimate of drug-likeness (QED) is 0.411. The minimum atomic E-state index is -0.395. The summed E-state index contributed by atoms with van der Waals surface area (Å²) >= 11 is 0. The van der Waals surface area contributed by atoms with Crippen LogP contribution in [0.2, 0.25) is 0 Å². The van der Waals surface area contributed by atoms with Crippen molar-refractivity contribution in [1.82, 2.24) is 9.97 Å². The normalized spacial score (nSPS) is 11.2. The molecule has 0 aliphatic heterocycles. The molecule has 0 aliphatic carbocycles. The first-order valence-corrected chi connectivity index (χ1v) is 8.27. The standard InChI is InChI=1S/C21H14F2N4/c22-15-11-9-14(10-12-15)13-24-27-21-17-6-2-4-8-19(17)25-20(26-21)16-5-1-3-7-18(16)23/h1-13H,(H,25,26,27)/b24-13+. The molecule has 0 saturated heterocycles. The van der Waals surface area contributed by atoms with Crippen LogP contribution < -0.4 is 5.43 Å². The lowest BCUT2D eigenvalue weighted by Crippen LogP contribution is -2.00. The second-order valence-corrected chi connectivity index (χ2v) is 5.81. The maximum atomic E-state index is 14.2. The van der Waals surface area contributed by atoms with Gasteiger partial charge in [0, 0.05) is 5.39 Å². The first kappa shape index (κ1) is 16.8. The Hall–Kier alpha value is -3.67. The molecule has 4 nitrogen and oxygen atoms in total. The molecular weight excluding hydrogens is 346 g/mol. The lowest BCUT2D eigenvalue weighted by Gasteiger charge is -2.08. The second kappa shape index (κ2) is 7.29. The van der Waals surface area contributed by atoms with Crippen LogP contribution in [0, 0.1) is 11.6 Å². The maximum absolute atomic E-state index is 14.2. The molecule has 0 amide bonds. The Morgan fingerprint density at radius 1 is 0.815 bits per heavy atom. The highest BCUT2D eigenvalue weighted by molar-refractivity contribution is 5.91. The molecule has 3 aromatic carbocycles. The Morgan fingerprint density at radius 2 is 1.56 bits per heavy atom. The number of nitrogens with one attached hydrogen (secondary N) is 1. The number of benzene rings is 3. The van der Waals surface area contributed by atoms with Gasteiger partial charge in [0.05, 0.1) is 17.3 Å². The summed E-state index contributed by atoms with van der Waals surface area (Å²) in [6, 6.07) is 19.7. The third-order valence-electron chi connectivity index (χ3n) is 3.97. The van der Waals surface area contributed by atoms with Gasteiger partial charge >= 0.3 is 0 Å². The highest BCUT2D eigenvalue weighted by Crippen LogP contribution is 2.26. The molecule has 0 atom stereocenters. The number of para-hydroxylation sites is 1. The molecule has 0 spiro atoms. The highest BCUT2D eigenvalue weighted by atomic mass is 19.1. The van der Waals surface area contributed by atoms with Crippen molar-refractivity contribution < 1.29 is 8.78 Å². The van der Waals surface area contributed by atoms with E-state index in [-0.39, 0.29) is 11.6 Å². The minimum Gasteiger partial charge on any atom is -0.261 e. The minimum absolute atomic E-state index is 0.270. The Balaban J connectivity index is 1.72. The predicted molar refractivity (Wildman–Crippen MR) is 103 cm³/mol. The Morgan fingerprint density at radius 3 is 2.37 bits per heavy atom. The van der Waals surface area contributed by atoms with Crippen molar-refractivity contribution in [1.29, 1.82) is 0 Å². The second-order valence-electron chi connectivity index (χ2n) is 5.81. The van der Waals surface area contributed by atoms with E-state index in [9.17, 15) is 8.78 Å². The van der Waals surface area contributed by atoms with E-state index in [0.29, 0.717) is 16.9 Å². The van der Waals surface area contributed by atoms with E-state index >= 15 is 0 Å². The van der Waals surface area contributed by atoms with Gasteiger partial charge in [-0.2, -0.15) is 5.10 Å². The van der Waals surface area contributed by atoms with Crippen LogP contribution in [-0.2, 0) is 0 Å². The fourth-order valence-electron chi connectivity index (χ4n) is 2.64. The van der Waals surface area contributed by atoms with Crippen molar-refractivity contribution in [3.8, 4) is 11.4 Å². The zero-order chi connectivity index (χ0) is 18.6. The van der Waals surface area contributed by atoms with E-state index in [4.69, 9.17) is 0 Å². The lowest BCUT2D eigenvalue weighted by atomic mass is 10.1. The van der Waals surface area contributed by atoms with Gasteiger partial charge < -0.3 is 0 Å². The molecule has 0 aliphatic rings. The first-order valence-electron chi connectivity index (χ1n) is 8.27. The molecule has 132 valence electrons. The van der Waals surface area contributed by atoms with E-state index in [0.717, 1.165) is 10.9 Å². The van der Waals surface area contributed by atoms with Crippen LogP contribution in [0.5, 0.6) is 0 Å². The first-order chi connectivity index (χ1) is 13.2. The van der Waals surface area contributed by atoms with Gasteiger partial charge in [-0.1, -0.05) is 36.4 Å². The van der Waals surface area contributed by atoms with E-state index in [1.54, 1.807) is 36.5 Å². The molecular formula is C21H14F2N4. The summed E-state index contributed by atoms with van der Waals surface area (Å²) in [6.45, 7) is 0. The highest BCUT2D eigenvalue weighted by Gasteiger charge is 2.11. The summed E-state index contributed by atoms with van der Waals surface area (Å²) in [6.07, 6.45) is 1.55. The van der Waals surface area contributed by atoms with Crippen molar-refractivity contribution in [2.24, 2.45) is 5.10 Å². The molecule has 4 aromatic rings. The topological polar surface area (TPSA) is 50.2 Å². The van der Waals surface area contributed by atoms with E-state index < -0.39 is 5.82 Å². The van der Waals surface area contributed by atoms with Crippen molar-refractivity contribution in [3.05, 3.63) is 90.0 Å². The summed E-state index contributed by atoms with van der Waals surface area (Å²) in [5, 5.41) is 4.93. The Bertz CT molecular complexity index is 1120. The predicted octanol–water partition coefficient (Wildman–Crippen LogP) is 5.02. The maximum Gasteiger partial charge on any atom is 0.165 e. The molecule has 0 radical (unpaired) electrons. The number of hydrogen-bond acceptors (Lipinski definition) is 4. The molecule has 6 heteroatoms. The van der Waals surface area contributed by atoms with Crippen LogP contribution in [0.1, 0.15) is 5.56 Å². The molecule has 0 saturated carbocycles. The molecule has 0 bridgehead atoms. The average molecular weight is 360 g/mol. The van der Waals surface area contributed by atoms with Crippen LogP contribution in [-0.4, -0.2) is 16.2 Å². The zero-order valence-corrected chi connectivity index (χ0v) is 14.1. The molecule has 1 aromatic heterocycles. The smallest absolute Gasteiger partial charge is 0.165 e. The number of rotatable bonds is 4. The van der Waals surface area contributed by atoms with Gasteiger partial charge in [0.1, 0.15) is 11.6 Å². The fraction of sp³-hybridized carbons (Fsp3) is 0. The summed E-state index contributed by atoms with van der Waals surface area (Å²) < 4.78 is 27.1. The van der Waals surface area contributed by atoms with Crippen LogP contribution in [0.25, 0.3) is 22.3 Å². The number of hydrazone groups is 1. The number of aromatic nitrogens is 2. The zero-order valence-electron chi connectivity index (χ0n) is 14.1. The SMILES string of the molecule is Fc1ccc(/C=N/Nc2nc(-c3ccccc3F)nc3ccccc23)cc1. The molecule has 27 heavy (non-hydrogen) atoms. The van der Waals surface area contributed by atoms with Gasteiger partial charge in [0.2, 0.25) is 0 Å². The van der Waals surface area contributed by atoms with E-state index in [1.807, 2.05) is 24.3 Å². The van der Waals surface area contributed by atoms with Crippen LogP contribution in [0.3, 0.4) is 0 Å². The van der Waals surface area contributed by atoms with Crippen molar-refractivity contribution in [3.63, 3.8) is 0 Å². The summed E-state index contributed by atoms with van der Waals surface area (Å²) in [5.74, 6) is 0.0217. The van der Waals surface area contributed by atoms with Gasteiger partial charge in [-0.05, 0) is 42.0 Å². The number of nitrogens with zero attached hydrogens (tertiary/aromatic N) is 3. The van der Waals surface area contributed by atoms with Gasteiger partial charge in [-0.3, -0.25) is 5.43 Å². The van der Waals surface area contributed by atoms with Gasteiger partial charge in [-0.15, -0.1) is 0 Å². The third-order valence-corrected chi connectivity index (χ3v) is 3.97. The largest absolute Gasteiger partial charge is 0.261 e. The molecule has 1 N–H and O–H groups in total. The lowest BCUT2D eigenvalue weighted by molar-refractivity contribution is 0.627. The summed E-state index contributed by atoms with van der Waals surface area (Å²) in [5.41, 5.74) is 4.60. The van der Waals surface area contributed by atoms with Gasteiger partial charge in [-0.25, -0.2) is 18.7 Å². The fourth-order valence-corrected chi connectivity index (χ4v) is 2.64. The summed E-state index contributed by atoms with van der Waals surface area (Å²) in [4.78, 5) is 8.90. The molecule has 4 rings (SSSR count). The van der Waals surface area contributed by atoms with Crippen LogP contribution in [0.4, 0.5) is 14.6 Å². The van der Waals surface area contributed by atoms with Crippen LogP contribution in [0.15, 0.2) is 77.9 Å². The van der Waals surface area contributed by atoms with E-state index in [2.05, 4.69) is 20.5 Å². The van der Waals surface area contributed by atoms with Crippen molar-refractivity contribution in [2.75, 3.05) is 5.43 Å². The molecule has 0 fully saturated rings. The van der Waals surface area contributed by atoms with Crippen LogP contribution >= 0.6 is 0 Å². The van der Waals surface area contributed by atoms with Gasteiger partial charge in [0.15, 0.2) is 11.6 Å². The van der Waals surface area contributed by atoms with Crippen molar-refractivity contribution in [2.45, 2.75) is 0 Å². The number of hydrogen-bond donors (Lipinski definition) is 1.